The molecule has 0 saturated carbocycles. The maximum Gasteiger partial charge on any atom is 0.292 e. The highest BCUT2D eigenvalue weighted by molar-refractivity contribution is 9.10. The summed E-state index contributed by atoms with van der Waals surface area (Å²) in [6.45, 7) is 0.829. The molecule has 2 aromatic carbocycles. The van der Waals surface area contributed by atoms with Gasteiger partial charge in [-0.2, -0.15) is 0 Å². The second kappa shape index (κ2) is 6.94. The number of rotatable bonds is 6. The molecule has 0 fully saturated rings. The number of halogens is 1. The molecule has 2 aromatic rings. The summed E-state index contributed by atoms with van der Waals surface area (Å²) in [7, 11) is 0. The summed E-state index contributed by atoms with van der Waals surface area (Å²) in [5, 5.41) is 13.9. The van der Waals surface area contributed by atoms with E-state index >= 15 is 0 Å². The minimum absolute atomic E-state index is 0.0330. The van der Waals surface area contributed by atoms with Crippen molar-refractivity contribution in [2.45, 2.75) is 0 Å². The van der Waals surface area contributed by atoms with Gasteiger partial charge in [0.15, 0.2) is 0 Å². The summed E-state index contributed by atoms with van der Waals surface area (Å²) in [6, 6.07) is 11.8. The third kappa shape index (κ3) is 4.35. The average molecular weight is 352 g/mol. The molecule has 0 aromatic heterocycles. The van der Waals surface area contributed by atoms with Crippen molar-refractivity contribution in [2.75, 3.05) is 24.2 Å². The fourth-order valence-corrected chi connectivity index (χ4v) is 2.09. The quantitative estimate of drug-likeness (QED) is 0.360. The summed E-state index contributed by atoms with van der Waals surface area (Å²) in [5.41, 5.74) is 6.74. The lowest BCUT2D eigenvalue weighted by atomic mass is 10.2. The molecule has 21 heavy (non-hydrogen) atoms. The molecule has 0 aliphatic carbocycles. The second-order valence-electron chi connectivity index (χ2n) is 4.26. The van der Waals surface area contributed by atoms with Gasteiger partial charge in [0, 0.05) is 22.8 Å². The summed E-state index contributed by atoms with van der Waals surface area (Å²) >= 11 is 3.29. The number of nitro benzene ring substituents is 1. The predicted octanol–water partition coefficient (Wildman–Crippen LogP) is 3.43. The Hall–Kier alpha value is -2.28. The Morgan fingerprint density at radius 1 is 1.24 bits per heavy atom. The van der Waals surface area contributed by atoms with Gasteiger partial charge in [-0.05, 0) is 36.4 Å². The van der Waals surface area contributed by atoms with Crippen molar-refractivity contribution in [2.24, 2.45) is 0 Å². The third-order valence-corrected chi connectivity index (χ3v) is 3.21. The van der Waals surface area contributed by atoms with Crippen molar-refractivity contribution in [1.82, 2.24) is 0 Å². The molecule has 0 amide bonds. The zero-order chi connectivity index (χ0) is 15.2. The fraction of sp³-hybridized carbons (Fsp3) is 0.143. The van der Waals surface area contributed by atoms with E-state index in [0.29, 0.717) is 30.3 Å². The standard InChI is InChI=1S/C14H14BrN3O3/c15-10-1-6-14(18(19)20)13(9-10)17-7-8-21-12-4-2-11(16)3-5-12/h1-6,9,17H,7-8,16H2. The molecule has 6 nitrogen and oxygen atoms in total. The van der Waals surface area contributed by atoms with Crippen LogP contribution in [-0.2, 0) is 0 Å². The zero-order valence-electron chi connectivity index (χ0n) is 11.1. The predicted molar refractivity (Wildman–Crippen MR) is 85.6 cm³/mol. The minimum atomic E-state index is -0.421. The van der Waals surface area contributed by atoms with E-state index in [1.165, 1.54) is 6.07 Å². The van der Waals surface area contributed by atoms with E-state index in [-0.39, 0.29) is 5.69 Å². The lowest BCUT2D eigenvalue weighted by molar-refractivity contribution is -0.384. The van der Waals surface area contributed by atoms with E-state index in [9.17, 15) is 10.1 Å². The van der Waals surface area contributed by atoms with Gasteiger partial charge in [-0.3, -0.25) is 10.1 Å². The summed E-state index contributed by atoms with van der Waals surface area (Å²) in [5.74, 6) is 0.703. The van der Waals surface area contributed by atoms with Gasteiger partial charge >= 0.3 is 0 Å². The van der Waals surface area contributed by atoms with Crippen molar-refractivity contribution in [3.8, 4) is 5.75 Å². The van der Waals surface area contributed by atoms with E-state index in [4.69, 9.17) is 10.5 Å². The van der Waals surface area contributed by atoms with Gasteiger partial charge in [-0.1, -0.05) is 15.9 Å². The molecule has 0 radical (unpaired) electrons. The Labute approximate surface area is 130 Å². The fourth-order valence-electron chi connectivity index (χ4n) is 1.73. The average Bonchev–Trinajstić information content (AvgIpc) is 2.45. The van der Waals surface area contributed by atoms with E-state index < -0.39 is 4.92 Å². The molecule has 2 rings (SSSR count). The Morgan fingerprint density at radius 3 is 2.62 bits per heavy atom. The summed E-state index contributed by atoms with van der Waals surface area (Å²) < 4.78 is 6.29. The van der Waals surface area contributed by atoms with Gasteiger partial charge < -0.3 is 15.8 Å². The van der Waals surface area contributed by atoms with Crippen LogP contribution in [0, 0.1) is 10.1 Å². The number of nitrogens with two attached hydrogens (primary N) is 1. The van der Waals surface area contributed by atoms with Gasteiger partial charge in [-0.15, -0.1) is 0 Å². The van der Waals surface area contributed by atoms with Crippen molar-refractivity contribution >= 4 is 33.0 Å². The monoisotopic (exact) mass is 351 g/mol. The number of ether oxygens (including phenoxy) is 1. The molecular formula is C14H14BrN3O3. The lowest BCUT2D eigenvalue weighted by Gasteiger charge is -2.09. The third-order valence-electron chi connectivity index (χ3n) is 2.72. The van der Waals surface area contributed by atoms with Crippen LogP contribution in [0.5, 0.6) is 5.75 Å². The number of nitro groups is 1. The first-order chi connectivity index (χ1) is 10.1. The van der Waals surface area contributed by atoms with E-state index in [1.807, 2.05) is 0 Å². The molecule has 0 atom stereocenters. The van der Waals surface area contributed by atoms with Crippen molar-refractivity contribution < 1.29 is 9.66 Å². The van der Waals surface area contributed by atoms with Crippen LogP contribution in [0.3, 0.4) is 0 Å². The molecule has 3 N–H and O–H groups in total. The maximum absolute atomic E-state index is 10.9. The highest BCUT2D eigenvalue weighted by Crippen LogP contribution is 2.27. The number of nitrogens with one attached hydrogen (secondary N) is 1. The Balaban J connectivity index is 1.90. The number of hydrogen-bond donors (Lipinski definition) is 2. The van der Waals surface area contributed by atoms with Gasteiger partial charge in [0.25, 0.3) is 5.69 Å². The first-order valence-electron chi connectivity index (χ1n) is 6.22. The molecular weight excluding hydrogens is 338 g/mol. The SMILES string of the molecule is Nc1ccc(OCCNc2cc(Br)ccc2[N+](=O)[O-])cc1. The van der Waals surface area contributed by atoms with Crippen molar-refractivity contribution in [3.63, 3.8) is 0 Å². The molecule has 0 aliphatic rings. The van der Waals surface area contributed by atoms with Crippen LogP contribution in [0.1, 0.15) is 0 Å². The van der Waals surface area contributed by atoms with Crippen LogP contribution in [-0.4, -0.2) is 18.1 Å². The summed E-state index contributed by atoms with van der Waals surface area (Å²) in [4.78, 5) is 10.5. The Morgan fingerprint density at radius 2 is 1.95 bits per heavy atom. The number of nitrogen functional groups attached to an aromatic ring is 1. The number of anilines is 2. The van der Waals surface area contributed by atoms with E-state index in [0.717, 1.165) is 4.47 Å². The smallest absolute Gasteiger partial charge is 0.292 e. The lowest BCUT2D eigenvalue weighted by Crippen LogP contribution is -2.12. The van der Waals surface area contributed by atoms with Crippen LogP contribution >= 0.6 is 15.9 Å². The van der Waals surface area contributed by atoms with Gasteiger partial charge in [0.2, 0.25) is 0 Å². The van der Waals surface area contributed by atoms with Gasteiger partial charge in [0.1, 0.15) is 18.0 Å². The van der Waals surface area contributed by atoms with Crippen molar-refractivity contribution in [3.05, 3.63) is 57.1 Å². The van der Waals surface area contributed by atoms with Crippen LogP contribution in [0.4, 0.5) is 17.1 Å². The minimum Gasteiger partial charge on any atom is -0.492 e. The second-order valence-corrected chi connectivity index (χ2v) is 5.18. The number of nitrogens with zero attached hydrogens (tertiary/aromatic N) is 1. The largest absolute Gasteiger partial charge is 0.492 e. The molecule has 0 spiro atoms. The van der Waals surface area contributed by atoms with E-state index in [1.54, 1.807) is 36.4 Å². The molecule has 0 aliphatic heterocycles. The van der Waals surface area contributed by atoms with Crippen LogP contribution in [0.15, 0.2) is 46.9 Å². The molecule has 0 unspecified atom stereocenters. The normalized spacial score (nSPS) is 10.1. The maximum atomic E-state index is 10.9. The van der Waals surface area contributed by atoms with Crippen LogP contribution in [0.2, 0.25) is 0 Å². The van der Waals surface area contributed by atoms with Gasteiger partial charge in [0.05, 0.1) is 4.92 Å². The molecule has 0 heterocycles. The topological polar surface area (TPSA) is 90.4 Å². The summed E-state index contributed by atoms with van der Waals surface area (Å²) in [6.07, 6.45) is 0. The highest BCUT2D eigenvalue weighted by atomic mass is 79.9. The Bertz CT molecular complexity index is 632. The molecule has 110 valence electrons. The zero-order valence-corrected chi connectivity index (χ0v) is 12.7. The Kier molecular flexibility index (Phi) is 4.99. The molecule has 7 heteroatoms. The molecule has 0 bridgehead atoms. The first-order valence-corrected chi connectivity index (χ1v) is 7.02. The van der Waals surface area contributed by atoms with Crippen molar-refractivity contribution in [1.29, 1.82) is 0 Å². The van der Waals surface area contributed by atoms with E-state index in [2.05, 4.69) is 21.2 Å². The first kappa shape index (κ1) is 15.1. The number of benzene rings is 2. The van der Waals surface area contributed by atoms with Crippen LogP contribution < -0.4 is 15.8 Å². The highest BCUT2D eigenvalue weighted by Gasteiger charge is 2.13. The number of hydrogen-bond acceptors (Lipinski definition) is 5. The van der Waals surface area contributed by atoms with Gasteiger partial charge in [-0.25, -0.2) is 0 Å². The molecule has 0 saturated heterocycles. The van der Waals surface area contributed by atoms with Crippen LogP contribution in [0.25, 0.3) is 0 Å².